The SMILES string of the molecule is Cc1ccc(C)c(C(C)NC2CCCC2CNC(=O)OC(C)(C)C)c1. The van der Waals surface area contributed by atoms with Crippen molar-refractivity contribution in [1.29, 1.82) is 0 Å². The van der Waals surface area contributed by atoms with E-state index >= 15 is 0 Å². The molecule has 0 bridgehead atoms. The van der Waals surface area contributed by atoms with Gasteiger partial charge in [0.1, 0.15) is 5.60 Å². The first-order valence-electron chi connectivity index (χ1n) is 9.46. The Morgan fingerprint density at radius 1 is 1.28 bits per heavy atom. The molecule has 3 unspecified atom stereocenters. The Morgan fingerprint density at radius 3 is 2.68 bits per heavy atom. The van der Waals surface area contributed by atoms with Gasteiger partial charge in [-0.1, -0.05) is 30.2 Å². The molecule has 4 nitrogen and oxygen atoms in total. The van der Waals surface area contributed by atoms with Gasteiger partial charge in [0.05, 0.1) is 0 Å². The second kappa shape index (κ2) is 8.22. The maximum Gasteiger partial charge on any atom is 0.407 e. The first kappa shape index (κ1) is 19.8. The molecule has 1 saturated carbocycles. The van der Waals surface area contributed by atoms with Crippen LogP contribution in [0.15, 0.2) is 18.2 Å². The second-order valence-corrected chi connectivity index (χ2v) is 8.43. The van der Waals surface area contributed by atoms with E-state index in [1.54, 1.807) is 0 Å². The highest BCUT2D eigenvalue weighted by atomic mass is 16.6. The van der Waals surface area contributed by atoms with Crippen molar-refractivity contribution < 1.29 is 9.53 Å². The zero-order chi connectivity index (χ0) is 18.6. The lowest BCUT2D eigenvalue weighted by atomic mass is 9.97. The Morgan fingerprint density at radius 2 is 2.00 bits per heavy atom. The van der Waals surface area contributed by atoms with Crippen molar-refractivity contribution >= 4 is 6.09 Å². The lowest BCUT2D eigenvalue weighted by Crippen LogP contribution is -2.41. The zero-order valence-electron chi connectivity index (χ0n) is 16.6. The lowest BCUT2D eigenvalue weighted by Gasteiger charge is -2.27. The summed E-state index contributed by atoms with van der Waals surface area (Å²) < 4.78 is 5.34. The number of benzene rings is 1. The van der Waals surface area contributed by atoms with Gasteiger partial charge in [0, 0.05) is 18.6 Å². The van der Waals surface area contributed by atoms with Crippen molar-refractivity contribution in [2.24, 2.45) is 5.92 Å². The van der Waals surface area contributed by atoms with Gasteiger partial charge in [0.15, 0.2) is 0 Å². The van der Waals surface area contributed by atoms with Gasteiger partial charge in [0.2, 0.25) is 0 Å². The average molecular weight is 347 g/mol. The fourth-order valence-corrected chi connectivity index (χ4v) is 3.67. The topological polar surface area (TPSA) is 50.4 Å². The molecule has 0 radical (unpaired) electrons. The third kappa shape index (κ3) is 6.03. The van der Waals surface area contributed by atoms with E-state index in [4.69, 9.17) is 4.74 Å². The van der Waals surface area contributed by atoms with Gasteiger partial charge >= 0.3 is 6.09 Å². The number of hydrogen-bond acceptors (Lipinski definition) is 3. The Hall–Kier alpha value is -1.55. The van der Waals surface area contributed by atoms with E-state index in [0.29, 0.717) is 24.5 Å². The molecule has 1 aliphatic carbocycles. The summed E-state index contributed by atoms with van der Waals surface area (Å²) in [6.45, 7) is 12.9. The van der Waals surface area contributed by atoms with Gasteiger partial charge in [-0.05, 0) is 71.4 Å². The third-order valence-corrected chi connectivity index (χ3v) is 4.93. The predicted molar refractivity (Wildman–Crippen MR) is 103 cm³/mol. The maximum atomic E-state index is 11.9. The summed E-state index contributed by atoms with van der Waals surface area (Å²) >= 11 is 0. The zero-order valence-corrected chi connectivity index (χ0v) is 16.6. The minimum absolute atomic E-state index is 0.312. The summed E-state index contributed by atoms with van der Waals surface area (Å²) in [6.07, 6.45) is 3.20. The van der Waals surface area contributed by atoms with Gasteiger partial charge in [0.25, 0.3) is 0 Å². The largest absolute Gasteiger partial charge is 0.444 e. The molecule has 3 atom stereocenters. The minimum atomic E-state index is -0.450. The Kier molecular flexibility index (Phi) is 6.50. The summed E-state index contributed by atoms with van der Waals surface area (Å²) in [4.78, 5) is 11.9. The van der Waals surface area contributed by atoms with Gasteiger partial charge in [-0.2, -0.15) is 0 Å². The van der Waals surface area contributed by atoms with E-state index in [1.807, 2.05) is 20.8 Å². The first-order chi connectivity index (χ1) is 11.7. The third-order valence-electron chi connectivity index (χ3n) is 4.93. The fourth-order valence-electron chi connectivity index (χ4n) is 3.67. The molecular weight excluding hydrogens is 312 g/mol. The highest BCUT2D eigenvalue weighted by molar-refractivity contribution is 5.67. The summed E-state index contributed by atoms with van der Waals surface area (Å²) in [5.41, 5.74) is 3.54. The minimum Gasteiger partial charge on any atom is -0.444 e. The summed E-state index contributed by atoms with van der Waals surface area (Å²) in [6, 6.07) is 7.38. The molecule has 2 N–H and O–H groups in total. The molecule has 0 heterocycles. The molecule has 1 fully saturated rings. The molecule has 1 aromatic rings. The fraction of sp³-hybridized carbons (Fsp3) is 0.667. The Bertz CT molecular complexity index is 592. The number of aryl methyl sites for hydroxylation is 2. The number of carbonyl (C=O) groups excluding carboxylic acids is 1. The van der Waals surface area contributed by atoms with Crippen molar-refractivity contribution in [2.45, 2.75) is 78.5 Å². The van der Waals surface area contributed by atoms with E-state index in [-0.39, 0.29) is 6.09 Å². The number of alkyl carbamates (subject to hydrolysis) is 1. The summed E-state index contributed by atoms with van der Waals surface area (Å²) in [5.74, 6) is 0.458. The highest BCUT2D eigenvalue weighted by Crippen LogP contribution is 2.28. The maximum absolute atomic E-state index is 11.9. The molecule has 4 heteroatoms. The molecule has 0 saturated heterocycles. The van der Waals surface area contributed by atoms with Crippen LogP contribution in [0.2, 0.25) is 0 Å². The van der Waals surface area contributed by atoms with Crippen LogP contribution in [0.4, 0.5) is 4.79 Å². The standard InChI is InChI=1S/C21H34N2O2/c1-14-10-11-15(2)18(12-14)16(3)23-19-9-7-8-17(19)13-22-20(24)25-21(4,5)6/h10-12,16-17,19,23H,7-9,13H2,1-6H3,(H,22,24). The van der Waals surface area contributed by atoms with Crippen molar-refractivity contribution in [3.05, 3.63) is 34.9 Å². The monoisotopic (exact) mass is 346 g/mol. The van der Waals surface area contributed by atoms with E-state index < -0.39 is 5.60 Å². The van der Waals surface area contributed by atoms with Crippen molar-refractivity contribution in [1.82, 2.24) is 10.6 Å². The van der Waals surface area contributed by atoms with E-state index in [2.05, 4.69) is 49.6 Å². The van der Waals surface area contributed by atoms with Crippen LogP contribution in [0.5, 0.6) is 0 Å². The quantitative estimate of drug-likeness (QED) is 0.816. The smallest absolute Gasteiger partial charge is 0.407 e. The molecule has 0 aliphatic heterocycles. The number of carbonyl (C=O) groups is 1. The van der Waals surface area contributed by atoms with Crippen molar-refractivity contribution in [3.8, 4) is 0 Å². The molecule has 2 rings (SSSR count). The second-order valence-electron chi connectivity index (χ2n) is 8.43. The Balaban J connectivity index is 1.90. The van der Waals surface area contributed by atoms with Gasteiger partial charge in [-0.15, -0.1) is 0 Å². The molecule has 1 aromatic carbocycles. The summed E-state index contributed by atoms with van der Waals surface area (Å²) in [5, 5.41) is 6.74. The molecule has 140 valence electrons. The predicted octanol–water partition coefficient (Wildman–Crippen LogP) is 4.65. The van der Waals surface area contributed by atoms with E-state index in [0.717, 1.165) is 12.8 Å². The van der Waals surface area contributed by atoms with Crippen LogP contribution < -0.4 is 10.6 Å². The number of ether oxygens (including phenoxy) is 1. The van der Waals surface area contributed by atoms with E-state index in [9.17, 15) is 4.79 Å². The van der Waals surface area contributed by atoms with Gasteiger partial charge in [-0.25, -0.2) is 4.79 Å². The van der Waals surface area contributed by atoms with Gasteiger partial charge in [-0.3, -0.25) is 0 Å². The Labute approximate surface area is 152 Å². The molecule has 1 amide bonds. The summed E-state index contributed by atoms with van der Waals surface area (Å²) in [7, 11) is 0. The molecule has 25 heavy (non-hydrogen) atoms. The molecule has 0 aromatic heterocycles. The molecule has 0 spiro atoms. The first-order valence-corrected chi connectivity index (χ1v) is 9.46. The molecule has 1 aliphatic rings. The number of amides is 1. The van der Waals surface area contributed by atoms with E-state index in [1.165, 1.54) is 23.1 Å². The van der Waals surface area contributed by atoms with Gasteiger partial charge < -0.3 is 15.4 Å². The van der Waals surface area contributed by atoms with Crippen LogP contribution in [0.1, 0.15) is 69.7 Å². The molecular formula is C21H34N2O2. The normalized spacial score (nSPS) is 21.8. The number of nitrogens with one attached hydrogen (secondary N) is 2. The van der Waals surface area contributed by atoms with Crippen LogP contribution in [0.3, 0.4) is 0 Å². The van der Waals surface area contributed by atoms with Crippen LogP contribution in [-0.2, 0) is 4.74 Å². The number of hydrogen-bond donors (Lipinski definition) is 2. The van der Waals surface area contributed by atoms with Crippen molar-refractivity contribution in [2.75, 3.05) is 6.54 Å². The lowest BCUT2D eigenvalue weighted by molar-refractivity contribution is 0.0517. The van der Waals surface area contributed by atoms with Crippen LogP contribution in [0, 0.1) is 19.8 Å². The van der Waals surface area contributed by atoms with Crippen LogP contribution in [-0.4, -0.2) is 24.3 Å². The van der Waals surface area contributed by atoms with Crippen LogP contribution >= 0.6 is 0 Å². The van der Waals surface area contributed by atoms with Crippen molar-refractivity contribution in [3.63, 3.8) is 0 Å². The van der Waals surface area contributed by atoms with Crippen LogP contribution in [0.25, 0.3) is 0 Å². The average Bonchev–Trinajstić information content (AvgIpc) is 2.93. The number of rotatable bonds is 5. The highest BCUT2D eigenvalue weighted by Gasteiger charge is 2.29.